The number of benzene rings is 1. The number of aromatic nitrogens is 2. The van der Waals surface area contributed by atoms with Crippen LogP contribution in [0.3, 0.4) is 0 Å². The number of para-hydroxylation sites is 2. The molecule has 1 aromatic heterocycles. The summed E-state index contributed by atoms with van der Waals surface area (Å²) in [6.07, 6.45) is 0.121. The predicted molar refractivity (Wildman–Crippen MR) is 81.0 cm³/mol. The molecule has 1 amide bonds. The Hall–Kier alpha value is -2.15. The van der Waals surface area contributed by atoms with Crippen LogP contribution in [0.15, 0.2) is 24.3 Å². The Balaban J connectivity index is 1.99. The molecule has 0 aliphatic carbocycles. The van der Waals surface area contributed by atoms with Crippen LogP contribution in [0, 0.1) is 0 Å². The second-order valence-electron chi connectivity index (χ2n) is 4.25. The molecule has 0 bridgehead atoms. The monoisotopic (exact) mass is 307 g/mol. The maximum atomic E-state index is 12.1. The van der Waals surface area contributed by atoms with Crippen LogP contribution in [0.1, 0.15) is 18.9 Å². The Labute approximate surface area is 127 Å². The molecule has 1 atom stereocenters. The smallest absolute Gasteiger partial charge is 0.266 e. The van der Waals surface area contributed by atoms with Gasteiger partial charge in [-0.3, -0.25) is 10.1 Å². The van der Waals surface area contributed by atoms with E-state index in [1.807, 2.05) is 19.1 Å². The van der Waals surface area contributed by atoms with Gasteiger partial charge >= 0.3 is 0 Å². The first-order valence-corrected chi connectivity index (χ1v) is 7.38. The first-order valence-electron chi connectivity index (χ1n) is 6.57. The summed E-state index contributed by atoms with van der Waals surface area (Å²) in [4.78, 5) is 12.1. The van der Waals surface area contributed by atoms with E-state index in [2.05, 4.69) is 15.5 Å². The lowest BCUT2D eigenvalue weighted by Crippen LogP contribution is -2.30. The van der Waals surface area contributed by atoms with Crippen LogP contribution < -0.4 is 14.8 Å². The van der Waals surface area contributed by atoms with Gasteiger partial charge in [-0.2, -0.15) is 0 Å². The van der Waals surface area contributed by atoms with Crippen LogP contribution in [0.5, 0.6) is 11.5 Å². The number of hydrogen-bond acceptors (Lipinski definition) is 6. The number of rotatable bonds is 6. The normalized spacial score (nSPS) is 11.8. The van der Waals surface area contributed by atoms with Gasteiger partial charge in [0.15, 0.2) is 17.6 Å². The third-order valence-electron chi connectivity index (χ3n) is 2.74. The van der Waals surface area contributed by atoms with Crippen molar-refractivity contribution in [2.24, 2.45) is 0 Å². The number of nitrogens with zero attached hydrogens (tertiary/aromatic N) is 2. The van der Waals surface area contributed by atoms with Gasteiger partial charge in [-0.1, -0.05) is 30.4 Å². The van der Waals surface area contributed by atoms with E-state index < -0.39 is 6.10 Å². The fourth-order valence-corrected chi connectivity index (χ4v) is 2.30. The number of methoxy groups -OCH3 is 1. The number of ether oxygens (including phenoxy) is 2. The van der Waals surface area contributed by atoms with E-state index >= 15 is 0 Å². The van der Waals surface area contributed by atoms with Crippen molar-refractivity contribution in [2.45, 2.75) is 26.4 Å². The van der Waals surface area contributed by atoms with Crippen LogP contribution in [0.25, 0.3) is 0 Å². The molecule has 0 spiro atoms. The minimum Gasteiger partial charge on any atom is -0.493 e. The molecule has 1 heterocycles. The van der Waals surface area contributed by atoms with Gasteiger partial charge in [0.05, 0.1) is 7.11 Å². The van der Waals surface area contributed by atoms with Crippen molar-refractivity contribution in [3.8, 4) is 11.5 Å². The average Bonchev–Trinajstić information content (AvgIpc) is 2.95. The highest BCUT2D eigenvalue weighted by molar-refractivity contribution is 7.15. The van der Waals surface area contributed by atoms with Gasteiger partial charge in [0.2, 0.25) is 5.13 Å². The number of anilines is 1. The summed E-state index contributed by atoms with van der Waals surface area (Å²) < 4.78 is 10.8. The molecule has 2 aromatic rings. The summed E-state index contributed by atoms with van der Waals surface area (Å²) in [5, 5.41) is 11.9. The highest BCUT2D eigenvalue weighted by atomic mass is 32.1. The van der Waals surface area contributed by atoms with Gasteiger partial charge in [-0.05, 0) is 25.5 Å². The van der Waals surface area contributed by atoms with Gasteiger partial charge in [0, 0.05) is 0 Å². The number of carbonyl (C=O) groups is 1. The molecule has 7 heteroatoms. The average molecular weight is 307 g/mol. The quantitative estimate of drug-likeness (QED) is 0.887. The van der Waals surface area contributed by atoms with Crippen molar-refractivity contribution in [1.29, 1.82) is 0 Å². The highest BCUT2D eigenvalue weighted by Gasteiger charge is 2.18. The van der Waals surface area contributed by atoms with Crippen molar-refractivity contribution >= 4 is 22.4 Å². The maximum absolute atomic E-state index is 12.1. The van der Waals surface area contributed by atoms with E-state index in [4.69, 9.17) is 9.47 Å². The fourth-order valence-electron chi connectivity index (χ4n) is 1.61. The largest absolute Gasteiger partial charge is 0.493 e. The van der Waals surface area contributed by atoms with Gasteiger partial charge in [0.1, 0.15) is 5.01 Å². The Morgan fingerprint density at radius 2 is 2.05 bits per heavy atom. The van der Waals surface area contributed by atoms with Crippen molar-refractivity contribution < 1.29 is 14.3 Å². The van der Waals surface area contributed by atoms with Crippen LogP contribution in [0.2, 0.25) is 0 Å². The zero-order valence-corrected chi connectivity index (χ0v) is 12.9. The SMILES string of the molecule is CCc1nnc(NC(=O)[C@@H](C)Oc2ccccc2OC)s1. The van der Waals surface area contributed by atoms with E-state index in [-0.39, 0.29) is 5.91 Å². The summed E-state index contributed by atoms with van der Waals surface area (Å²) in [6, 6.07) is 7.19. The Morgan fingerprint density at radius 3 is 2.67 bits per heavy atom. The molecule has 6 nitrogen and oxygen atoms in total. The minimum absolute atomic E-state index is 0.278. The van der Waals surface area contributed by atoms with Gasteiger partial charge in [-0.25, -0.2) is 0 Å². The van der Waals surface area contributed by atoms with Crippen molar-refractivity contribution in [2.75, 3.05) is 12.4 Å². The molecule has 2 rings (SSSR count). The molecule has 21 heavy (non-hydrogen) atoms. The molecule has 0 saturated carbocycles. The van der Waals surface area contributed by atoms with Crippen molar-refractivity contribution in [3.05, 3.63) is 29.3 Å². The van der Waals surface area contributed by atoms with Crippen LogP contribution in [0.4, 0.5) is 5.13 Å². The molecule has 0 saturated heterocycles. The molecule has 0 aliphatic rings. The highest BCUT2D eigenvalue weighted by Crippen LogP contribution is 2.27. The number of amides is 1. The Morgan fingerprint density at radius 1 is 1.33 bits per heavy atom. The number of nitrogens with one attached hydrogen (secondary N) is 1. The molecule has 0 radical (unpaired) electrons. The molecule has 0 unspecified atom stereocenters. The summed E-state index contributed by atoms with van der Waals surface area (Å²) in [7, 11) is 1.56. The van der Waals surface area contributed by atoms with E-state index in [1.54, 1.807) is 26.2 Å². The van der Waals surface area contributed by atoms with Crippen LogP contribution in [-0.2, 0) is 11.2 Å². The zero-order chi connectivity index (χ0) is 15.2. The predicted octanol–water partition coefficient (Wildman–Crippen LogP) is 2.52. The van der Waals surface area contributed by atoms with E-state index in [0.717, 1.165) is 11.4 Å². The molecule has 0 fully saturated rings. The zero-order valence-electron chi connectivity index (χ0n) is 12.1. The van der Waals surface area contributed by atoms with E-state index in [1.165, 1.54) is 11.3 Å². The van der Waals surface area contributed by atoms with Gasteiger partial charge in [-0.15, -0.1) is 10.2 Å². The van der Waals surface area contributed by atoms with E-state index in [9.17, 15) is 4.79 Å². The molecular weight excluding hydrogens is 290 g/mol. The number of hydrogen-bond donors (Lipinski definition) is 1. The summed E-state index contributed by atoms with van der Waals surface area (Å²) in [6.45, 7) is 3.66. The summed E-state index contributed by atoms with van der Waals surface area (Å²) in [5.74, 6) is 0.829. The van der Waals surface area contributed by atoms with Crippen molar-refractivity contribution in [3.63, 3.8) is 0 Å². The molecule has 0 aliphatic heterocycles. The topological polar surface area (TPSA) is 73.3 Å². The van der Waals surface area contributed by atoms with Gasteiger partial charge < -0.3 is 9.47 Å². The summed E-state index contributed by atoms with van der Waals surface area (Å²) in [5.41, 5.74) is 0. The van der Waals surface area contributed by atoms with Crippen LogP contribution >= 0.6 is 11.3 Å². The third kappa shape index (κ3) is 3.91. The number of aryl methyl sites for hydroxylation is 1. The molecule has 1 N–H and O–H groups in total. The van der Waals surface area contributed by atoms with Crippen molar-refractivity contribution in [1.82, 2.24) is 10.2 Å². The first kappa shape index (κ1) is 15.2. The number of carbonyl (C=O) groups excluding carboxylic acids is 1. The molecular formula is C14H17N3O3S. The van der Waals surface area contributed by atoms with Gasteiger partial charge in [0.25, 0.3) is 5.91 Å². The van der Waals surface area contributed by atoms with Crippen LogP contribution in [-0.4, -0.2) is 29.3 Å². The standard InChI is InChI=1S/C14H17N3O3S/c1-4-12-16-17-14(21-12)15-13(18)9(2)20-11-8-6-5-7-10(11)19-3/h5-9H,4H2,1-3H3,(H,15,17,18)/t9-/m1/s1. The minimum atomic E-state index is -0.671. The second-order valence-corrected chi connectivity index (χ2v) is 5.32. The second kappa shape index (κ2) is 7.03. The third-order valence-corrected chi connectivity index (χ3v) is 3.72. The van der Waals surface area contributed by atoms with E-state index in [0.29, 0.717) is 16.6 Å². The summed E-state index contributed by atoms with van der Waals surface area (Å²) >= 11 is 1.36. The lowest BCUT2D eigenvalue weighted by Gasteiger charge is -2.15. The maximum Gasteiger partial charge on any atom is 0.266 e. The first-order chi connectivity index (χ1) is 10.1. The fraction of sp³-hybridized carbons (Fsp3) is 0.357. The molecule has 1 aromatic carbocycles. The molecule has 112 valence electrons. The Bertz CT molecular complexity index is 615. The lowest BCUT2D eigenvalue weighted by molar-refractivity contribution is -0.122. The lowest BCUT2D eigenvalue weighted by atomic mass is 10.3. The Kier molecular flexibility index (Phi) is 5.10.